The molecule has 0 amide bonds. The summed E-state index contributed by atoms with van der Waals surface area (Å²) in [4.78, 5) is 15.7. The van der Waals surface area contributed by atoms with Crippen molar-refractivity contribution in [3.05, 3.63) is 35.9 Å². The summed E-state index contributed by atoms with van der Waals surface area (Å²) in [7, 11) is 0. The molecule has 1 fully saturated rings. The summed E-state index contributed by atoms with van der Waals surface area (Å²) in [5, 5.41) is 9.26. The quantitative estimate of drug-likeness (QED) is 0.916. The normalized spacial score (nSPS) is 19.7. The molecule has 1 N–H and O–H groups in total. The van der Waals surface area contributed by atoms with Crippen molar-refractivity contribution in [2.24, 2.45) is 5.92 Å². The molecule has 1 saturated heterocycles. The van der Waals surface area contributed by atoms with Gasteiger partial charge in [0.1, 0.15) is 11.5 Å². The minimum atomic E-state index is -0.926. The molecule has 1 aliphatic rings. The van der Waals surface area contributed by atoms with E-state index in [0.29, 0.717) is 5.92 Å². The molecule has 1 aliphatic heterocycles. The number of carboxylic acids is 1. The lowest BCUT2D eigenvalue weighted by molar-refractivity contribution is 0.0541. The molecule has 5 nitrogen and oxygen atoms in total. The van der Waals surface area contributed by atoms with E-state index in [1.54, 1.807) is 22.7 Å². The molecule has 1 unspecified atom stereocenters. The molecule has 0 spiro atoms. The zero-order valence-corrected chi connectivity index (χ0v) is 10.6. The summed E-state index contributed by atoms with van der Waals surface area (Å²) >= 11 is 0. The highest BCUT2D eigenvalue weighted by molar-refractivity contribution is 5.86. The Kier molecular flexibility index (Phi) is 3.21. The number of fused-ring (bicyclic) bond motifs is 1. The smallest absolute Gasteiger partial charge is 0.352 e. The number of aromatic carboxylic acids is 1. The fourth-order valence-corrected chi connectivity index (χ4v) is 2.65. The van der Waals surface area contributed by atoms with Crippen molar-refractivity contribution < 1.29 is 14.6 Å². The number of rotatable bonds is 3. The van der Waals surface area contributed by atoms with Crippen molar-refractivity contribution in [1.29, 1.82) is 0 Å². The van der Waals surface area contributed by atoms with Crippen LogP contribution in [0.25, 0.3) is 5.52 Å². The Morgan fingerprint density at radius 3 is 3.16 bits per heavy atom. The van der Waals surface area contributed by atoms with Crippen LogP contribution >= 0.6 is 0 Å². The van der Waals surface area contributed by atoms with Gasteiger partial charge in [0.05, 0.1) is 11.7 Å². The van der Waals surface area contributed by atoms with Crippen LogP contribution in [0.5, 0.6) is 0 Å². The van der Waals surface area contributed by atoms with Crippen molar-refractivity contribution in [3.8, 4) is 0 Å². The molecule has 19 heavy (non-hydrogen) atoms. The second-order valence-electron chi connectivity index (χ2n) is 4.94. The molecule has 100 valence electrons. The number of nitrogens with zero attached hydrogens (tertiary/aromatic N) is 2. The number of ether oxygens (including phenoxy) is 1. The van der Waals surface area contributed by atoms with E-state index in [4.69, 9.17) is 4.74 Å². The van der Waals surface area contributed by atoms with Gasteiger partial charge < -0.3 is 9.84 Å². The van der Waals surface area contributed by atoms with Gasteiger partial charge in [-0.05, 0) is 30.9 Å². The topological polar surface area (TPSA) is 63.8 Å². The summed E-state index contributed by atoms with van der Waals surface area (Å²) in [6.45, 7) is 1.57. The third kappa shape index (κ3) is 2.33. The maximum absolute atomic E-state index is 11.3. The third-order valence-electron chi connectivity index (χ3n) is 3.57. The van der Waals surface area contributed by atoms with Gasteiger partial charge in [-0.3, -0.25) is 4.40 Å². The molecule has 3 rings (SSSR count). The molecular weight excluding hydrogens is 244 g/mol. The first-order valence-corrected chi connectivity index (χ1v) is 6.52. The van der Waals surface area contributed by atoms with Gasteiger partial charge in [-0.15, -0.1) is 0 Å². The maximum atomic E-state index is 11.3. The Bertz CT molecular complexity index is 600. The lowest BCUT2D eigenvalue weighted by atomic mass is 9.98. The Morgan fingerprint density at radius 1 is 1.53 bits per heavy atom. The molecule has 0 bridgehead atoms. The van der Waals surface area contributed by atoms with Gasteiger partial charge in [0.2, 0.25) is 0 Å². The van der Waals surface area contributed by atoms with E-state index < -0.39 is 5.97 Å². The van der Waals surface area contributed by atoms with Crippen LogP contribution in [0.2, 0.25) is 0 Å². The van der Waals surface area contributed by atoms with Gasteiger partial charge in [0.15, 0.2) is 0 Å². The lowest BCUT2D eigenvalue weighted by Crippen LogP contribution is -2.21. The van der Waals surface area contributed by atoms with Crippen molar-refractivity contribution in [2.75, 3.05) is 13.2 Å². The summed E-state index contributed by atoms with van der Waals surface area (Å²) in [6, 6.07) is 5.23. The van der Waals surface area contributed by atoms with Crippen LogP contribution in [0, 0.1) is 5.92 Å². The molecule has 0 aromatic carbocycles. The van der Waals surface area contributed by atoms with Crippen molar-refractivity contribution in [1.82, 2.24) is 9.38 Å². The van der Waals surface area contributed by atoms with E-state index in [1.165, 1.54) is 0 Å². The second-order valence-corrected chi connectivity index (χ2v) is 4.94. The largest absolute Gasteiger partial charge is 0.477 e. The van der Waals surface area contributed by atoms with Gasteiger partial charge in [-0.2, -0.15) is 0 Å². The summed E-state index contributed by atoms with van der Waals surface area (Å²) in [5.74, 6) is 0.314. The number of aromatic nitrogens is 2. The van der Waals surface area contributed by atoms with E-state index in [0.717, 1.165) is 43.8 Å². The molecule has 2 aromatic rings. The first-order chi connectivity index (χ1) is 9.25. The number of carboxylic acid groups (broad SMARTS) is 1. The van der Waals surface area contributed by atoms with E-state index in [9.17, 15) is 9.90 Å². The fourth-order valence-electron chi connectivity index (χ4n) is 2.65. The average molecular weight is 260 g/mol. The predicted molar refractivity (Wildman–Crippen MR) is 69.4 cm³/mol. The monoisotopic (exact) mass is 260 g/mol. The lowest BCUT2D eigenvalue weighted by Gasteiger charge is -2.21. The average Bonchev–Trinajstić information content (AvgIpc) is 2.83. The van der Waals surface area contributed by atoms with Crippen LogP contribution in [0.1, 0.15) is 29.2 Å². The Labute approximate surface area is 110 Å². The molecule has 0 aliphatic carbocycles. The number of hydrogen-bond acceptors (Lipinski definition) is 3. The highest BCUT2D eigenvalue weighted by atomic mass is 16.5. The molecule has 3 heterocycles. The number of imidazole rings is 1. The fraction of sp³-hybridized carbons (Fsp3) is 0.429. The summed E-state index contributed by atoms with van der Waals surface area (Å²) in [6.07, 6.45) is 4.67. The Hall–Kier alpha value is -1.88. The Balaban J connectivity index is 1.96. The molecule has 0 saturated carbocycles. The van der Waals surface area contributed by atoms with Crippen LogP contribution in [0.4, 0.5) is 0 Å². The first kappa shape index (κ1) is 12.2. The van der Waals surface area contributed by atoms with Crippen molar-refractivity contribution >= 4 is 11.5 Å². The van der Waals surface area contributed by atoms with Gasteiger partial charge >= 0.3 is 5.97 Å². The van der Waals surface area contributed by atoms with E-state index in [1.807, 2.05) is 6.07 Å². The van der Waals surface area contributed by atoms with Gasteiger partial charge in [0, 0.05) is 19.6 Å². The molecule has 2 aromatic heterocycles. The maximum Gasteiger partial charge on any atom is 0.352 e. The van der Waals surface area contributed by atoms with Crippen LogP contribution in [-0.2, 0) is 11.2 Å². The minimum absolute atomic E-state index is 0.265. The second kappa shape index (κ2) is 5.01. The van der Waals surface area contributed by atoms with Crippen LogP contribution in [-0.4, -0.2) is 33.7 Å². The standard InChI is InChI=1S/C14H16N2O3/c17-14(18)12-5-1-4-11-8-15-13(16(11)12)7-10-3-2-6-19-9-10/h1,4-5,8,10H,2-3,6-7,9H2,(H,17,18). The van der Waals surface area contributed by atoms with Crippen LogP contribution in [0.15, 0.2) is 24.4 Å². The zero-order valence-electron chi connectivity index (χ0n) is 10.6. The summed E-state index contributed by atoms with van der Waals surface area (Å²) in [5.41, 5.74) is 1.09. The van der Waals surface area contributed by atoms with Gasteiger partial charge in [-0.25, -0.2) is 9.78 Å². The van der Waals surface area contributed by atoms with Crippen LogP contribution < -0.4 is 0 Å². The molecule has 5 heteroatoms. The number of hydrogen-bond donors (Lipinski definition) is 1. The van der Waals surface area contributed by atoms with Gasteiger partial charge in [0.25, 0.3) is 0 Å². The molecular formula is C14H16N2O3. The van der Waals surface area contributed by atoms with Crippen molar-refractivity contribution in [2.45, 2.75) is 19.3 Å². The van der Waals surface area contributed by atoms with Gasteiger partial charge in [-0.1, -0.05) is 6.07 Å². The predicted octanol–water partition coefficient (Wildman–Crippen LogP) is 2.00. The van der Waals surface area contributed by atoms with Crippen LogP contribution in [0.3, 0.4) is 0 Å². The number of pyridine rings is 1. The molecule has 1 atom stereocenters. The highest BCUT2D eigenvalue weighted by Gasteiger charge is 2.19. The minimum Gasteiger partial charge on any atom is -0.477 e. The Morgan fingerprint density at radius 2 is 2.42 bits per heavy atom. The SMILES string of the molecule is O=C(O)c1cccc2cnc(CC3CCCOC3)n12. The zero-order chi connectivity index (χ0) is 13.2. The summed E-state index contributed by atoms with van der Waals surface area (Å²) < 4.78 is 7.20. The van der Waals surface area contributed by atoms with E-state index in [-0.39, 0.29) is 5.69 Å². The van der Waals surface area contributed by atoms with E-state index in [2.05, 4.69) is 4.98 Å². The first-order valence-electron chi connectivity index (χ1n) is 6.52. The van der Waals surface area contributed by atoms with Crippen molar-refractivity contribution in [3.63, 3.8) is 0 Å². The molecule has 0 radical (unpaired) electrons. The number of carbonyl (C=O) groups is 1. The third-order valence-corrected chi connectivity index (χ3v) is 3.57. The highest BCUT2D eigenvalue weighted by Crippen LogP contribution is 2.20. The van der Waals surface area contributed by atoms with E-state index >= 15 is 0 Å².